The maximum Gasteiger partial charge on any atom is 0.125 e. The van der Waals surface area contributed by atoms with Crippen molar-refractivity contribution in [2.75, 3.05) is 12.3 Å². The van der Waals surface area contributed by atoms with E-state index in [1.807, 2.05) is 13.1 Å². The summed E-state index contributed by atoms with van der Waals surface area (Å²) >= 11 is 0. The molecule has 0 amide bonds. The van der Waals surface area contributed by atoms with Crippen molar-refractivity contribution in [1.29, 1.82) is 0 Å². The van der Waals surface area contributed by atoms with Gasteiger partial charge in [0.15, 0.2) is 0 Å². The van der Waals surface area contributed by atoms with Gasteiger partial charge in [0.25, 0.3) is 0 Å². The number of nitrogens with zero attached hydrogens (tertiary/aromatic N) is 2. The molecule has 1 aliphatic rings. The quantitative estimate of drug-likeness (QED) is 0.919. The minimum Gasteiger partial charge on any atom is -0.493 e. The van der Waals surface area contributed by atoms with Crippen molar-refractivity contribution < 1.29 is 4.74 Å². The molecule has 0 bridgehead atoms. The average Bonchev–Trinajstić information content (AvgIpc) is 2.98. The number of aryl methyl sites for hydroxylation is 1. The Labute approximate surface area is 113 Å². The van der Waals surface area contributed by atoms with E-state index in [0.29, 0.717) is 0 Å². The summed E-state index contributed by atoms with van der Waals surface area (Å²) in [5, 5.41) is 4.58. The van der Waals surface area contributed by atoms with Gasteiger partial charge < -0.3 is 10.5 Å². The molecule has 0 aliphatic carbocycles. The lowest BCUT2D eigenvalue weighted by Crippen LogP contribution is -1.99. The Hall–Kier alpha value is -1.97. The zero-order valence-electron chi connectivity index (χ0n) is 11.4. The third-order valence-corrected chi connectivity index (χ3v) is 3.66. The average molecular weight is 257 g/mol. The molecule has 1 aromatic carbocycles. The van der Waals surface area contributed by atoms with Crippen molar-refractivity contribution >= 4 is 5.82 Å². The lowest BCUT2D eigenvalue weighted by atomic mass is 10.0. The first kappa shape index (κ1) is 12.1. The van der Waals surface area contributed by atoms with Crippen LogP contribution in [-0.4, -0.2) is 16.4 Å². The topological polar surface area (TPSA) is 53.1 Å². The molecule has 19 heavy (non-hydrogen) atoms. The molecule has 1 aromatic heterocycles. The van der Waals surface area contributed by atoms with Gasteiger partial charge >= 0.3 is 0 Å². The summed E-state index contributed by atoms with van der Waals surface area (Å²) in [7, 11) is 1.90. The monoisotopic (exact) mass is 257 g/mol. The molecule has 0 radical (unpaired) electrons. The number of ether oxygens (including phenoxy) is 1. The lowest BCUT2D eigenvalue weighted by Gasteiger charge is -2.04. The molecule has 4 nitrogen and oxygen atoms in total. The van der Waals surface area contributed by atoms with Gasteiger partial charge in [-0.25, -0.2) is 0 Å². The van der Waals surface area contributed by atoms with Crippen molar-refractivity contribution in [3.63, 3.8) is 0 Å². The number of hydrogen-bond acceptors (Lipinski definition) is 3. The highest BCUT2D eigenvalue weighted by molar-refractivity contribution is 5.70. The van der Waals surface area contributed by atoms with E-state index in [1.165, 1.54) is 5.56 Å². The van der Waals surface area contributed by atoms with Gasteiger partial charge in [0.2, 0.25) is 0 Å². The predicted molar refractivity (Wildman–Crippen MR) is 76.3 cm³/mol. The summed E-state index contributed by atoms with van der Waals surface area (Å²) < 4.78 is 7.31. The molecular formula is C15H19N3O. The van der Waals surface area contributed by atoms with Crippen molar-refractivity contribution in [3.8, 4) is 17.0 Å². The fourth-order valence-corrected chi connectivity index (χ4v) is 2.64. The van der Waals surface area contributed by atoms with E-state index < -0.39 is 0 Å². The number of rotatable bonds is 3. The predicted octanol–water partition coefficient (Wildman–Crippen LogP) is 2.56. The number of anilines is 1. The van der Waals surface area contributed by atoms with Gasteiger partial charge in [-0.15, -0.1) is 0 Å². The highest BCUT2D eigenvalue weighted by Crippen LogP contribution is 2.33. The highest BCUT2D eigenvalue weighted by atomic mass is 16.5. The molecule has 0 unspecified atom stereocenters. The molecule has 0 saturated heterocycles. The van der Waals surface area contributed by atoms with Crippen LogP contribution in [0.15, 0.2) is 18.2 Å². The van der Waals surface area contributed by atoms with Crippen LogP contribution in [-0.2, 0) is 19.9 Å². The SMILES string of the molecule is CCCc1c(-c2ccc3c(c2)CCO3)nn(C)c1N. The van der Waals surface area contributed by atoms with Crippen LogP contribution in [0, 0.1) is 0 Å². The fraction of sp³-hybridized carbons (Fsp3) is 0.400. The second kappa shape index (κ2) is 4.61. The Morgan fingerprint density at radius 2 is 2.26 bits per heavy atom. The number of hydrogen-bond donors (Lipinski definition) is 1. The maximum atomic E-state index is 6.12. The van der Waals surface area contributed by atoms with Gasteiger partial charge in [-0.1, -0.05) is 13.3 Å². The third kappa shape index (κ3) is 1.97. The normalized spacial score (nSPS) is 13.4. The number of nitrogen functional groups attached to an aromatic ring is 1. The first-order valence-corrected chi connectivity index (χ1v) is 6.78. The Kier molecular flexibility index (Phi) is 2.93. The van der Waals surface area contributed by atoms with Crippen LogP contribution in [0.25, 0.3) is 11.3 Å². The van der Waals surface area contributed by atoms with Crippen LogP contribution in [0.3, 0.4) is 0 Å². The van der Waals surface area contributed by atoms with Crippen LogP contribution >= 0.6 is 0 Å². The molecule has 3 rings (SSSR count). The molecular weight excluding hydrogens is 238 g/mol. The van der Waals surface area contributed by atoms with E-state index in [1.54, 1.807) is 4.68 Å². The van der Waals surface area contributed by atoms with E-state index >= 15 is 0 Å². The Balaban J connectivity index is 2.09. The second-order valence-corrected chi connectivity index (χ2v) is 5.01. The van der Waals surface area contributed by atoms with Crippen molar-refractivity contribution in [1.82, 2.24) is 9.78 Å². The molecule has 2 aromatic rings. The zero-order chi connectivity index (χ0) is 13.4. The highest BCUT2D eigenvalue weighted by Gasteiger charge is 2.18. The molecule has 2 heterocycles. The van der Waals surface area contributed by atoms with Gasteiger partial charge in [-0.2, -0.15) is 5.10 Å². The van der Waals surface area contributed by atoms with Crippen LogP contribution in [0.4, 0.5) is 5.82 Å². The molecule has 0 saturated carbocycles. The van der Waals surface area contributed by atoms with Crippen LogP contribution in [0.1, 0.15) is 24.5 Å². The first-order chi connectivity index (χ1) is 9.20. The van der Waals surface area contributed by atoms with Crippen LogP contribution in [0.2, 0.25) is 0 Å². The van der Waals surface area contributed by atoms with Gasteiger partial charge in [-0.3, -0.25) is 4.68 Å². The van der Waals surface area contributed by atoms with Gasteiger partial charge in [-0.05, 0) is 30.2 Å². The minimum absolute atomic E-state index is 0.772. The summed E-state index contributed by atoms with van der Waals surface area (Å²) in [5.41, 5.74) is 10.7. The number of benzene rings is 1. The van der Waals surface area contributed by atoms with Gasteiger partial charge in [0, 0.05) is 24.6 Å². The fourth-order valence-electron chi connectivity index (χ4n) is 2.64. The summed E-state index contributed by atoms with van der Waals surface area (Å²) in [6.45, 7) is 2.94. The molecule has 0 atom stereocenters. The molecule has 100 valence electrons. The van der Waals surface area contributed by atoms with Crippen molar-refractivity contribution in [3.05, 3.63) is 29.3 Å². The molecule has 2 N–H and O–H groups in total. The van der Waals surface area contributed by atoms with Crippen LogP contribution < -0.4 is 10.5 Å². The van der Waals surface area contributed by atoms with E-state index in [0.717, 1.165) is 54.3 Å². The number of nitrogens with two attached hydrogens (primary N) is 1. The van der Waals surface area contributed by atoms with Crippen molar-refractivity contribution in [2.45, 2.75) is 26.2 Å². The largest absolute Gasteiger partial charge is 0.493 e. The third-order valence-electron chi connectivity index (χ3n) is 3.66. The zero-order valence-corrected chi connectivity index (χ0v) is 11.4. The standard InChI is InChI=1S/C15H19N3O/c1-3-4-12-14(17-18(2)15(12)16)11-5-6-13-10(9-11)7-8-19-13/h5-6,9H,3-4,7-8,16H2,1-2H3. The molecule has 4 heteroatoms. The van der Waals surface area contributed by atoms with Crippen LogP contribution in [0.5, 0.6) is 5.75 Å². The van der Waals surface area contributed by atoms with Gasteiger partial charge in [0.05, 0.1) is 12.3 Å². The molecule has 0 spiro atoms. The molecule has 0 fully saturated rings. The molecule has 1 aliphatic heterocycles. The Morgan fingerprint density at radius 1 is 1.42 bits per heavy atom. The lowest BCUT2D eigenvalue weighted by molar-refractivity contribution is 0.357. The smallest absolute Gasteiger partial charge is 0.125 e. The van der Waals surface area contributed by atoms with E-state index in [-0.39, 0.29) is 0 Å². The second-order valence-electron chi connectivity index (χ2n) is 5.01. The van der Waals surface area contributed by atoms with E-state index in [4.69, 9.17) is 10.5 Å². The van der Waals surface area contributed by atoms with Crippen molar-refractivity contribution in [2.24, 2.45) is 7.05 Å². The van der Waals surface area contributed by atoms with Gasteiger partial charge in [0.1, 0.15) is 11.6 Å². The summed E-state index contributed by atoms with van der Waals surface area (Å²) in [4.78, 5) is 0. The number of aromatic nitrogens is 2. The van der Waals surface area contributed by atoms with E-state index in [9.17, 15) is 0 Å². The Morgan fingerprint density at radius 3 is 3.05 bits per heavy atom. The summed E-state index contributed by atoms with van der Waals surface area (Å²) in [6, 6.07) is 6.30. The first-order valence-electron chi connectivity index (χ1n) is 6.78. The van der Waals surface area contributed by atoms with E-state index in [2.05, 4.69) is 24.2 Å². The summed E-state index contributed by atoms with van der Waals surface area (Å²) in [5.74, 6) is 1.78. The maximum absolute atomic E-state index is 6.12. The summed E-state index contributed by atoms with van der Waals surface area (Å²) in [6.07, 6.45) is 3.01. The minimum atomic E-state index is 0.772. The Bertz CT molecular complexity index is 616. The number of fused-ring (bicyclic) bond motifs is 1.